The van der Waals surface area contributed by atoms with E-state index in [2.05, 4.69) is 15.1 Å². The molecule has 1 aliphatic heterocycles. The number of ether oxygens (including phenoxy) is 2. The molecule has 3 heterocycles. The molecule has 1 unspecified atom stereocenters. The van der Waals surface area contributed by atoms with Gasteiger partial charge in [-0.3, -0.25) is 4.79 Å². The number of hydrogen-bond acceptors (Lipinski definition) is 7. The van der Waals surface area contributed by atoms with Gasteiger partial charge in [0.05, 0.1) is 23.7 Å². The molecule has 0 spiro atoms. The van der Waals surface area contributed by atoms with Crippen LogP contribution in [0.1, 0.15) is 35.3 Å². The van der Waals surface area contributed by atoms with Crippen molar-refractivity contribution in [2.45, 2.75) is 33.4 Å². The number of methoxy groups -OCH3 is 1. The number of aryl methyl sites for hydroxylation is 1. The van der Waals surface area contributed by atoms with Gasteiger partial charge in [0.25, 0.3) is 0 Å². The number of nitrogens with two attached hydrogens (primary N) is 1. The molecular weight excluding hydrogens is 420 g/mol. The molecule has 1 aromatic carbocycles. The van der Waals surface area contributed by atoms with Gasteiger partial charge >= 0.3 is 0 Å². The Morgan fingerprint density at radius 1 is 1.39 bits per heavy atom. The molecule has 10 heteroatoms. The van der Waals surface area contributed by atoms with E-state index in [1.165, 1.54) is 13.4 Å². The molecule has 31 heavy (non-hydrogen) atoms. The summed E-state index contributed by atoms with van der Waals surface area (Å²) in [5, 5.41) is 6.01. The maximum Gasteiger partial charge on any atom is 0.248 e. The second-order valence-corrected chi connectivity index (χ2v) is 8.05. The molecule has 1 amide bonds. The van der Waals surface area contributed by atoms with Crippen LogP contribution < -0.4 is 10.5 Å². The molecule has 2 N–H and O–H groups in total. The second-order valence-electron chi connectivity index (χ2n) is 7.64. The van der Waals surface area contributed by atoms with Crippen LogP contribution in [0.5, 0.6) is 5.75 Å². The fourth-order valence-electron chi connectivity index (χ4n) is 4.00. The van der Waals surface area contributed by atoms with Crippen LogP contribution in [-0.2, 0) is 16.1 Å². The van der Waals surface area contributed by atoms with Gasteiger partial charge < -0.3 is 20.1 Å². The Morgan fingerprint density at radius 2 is 2.16 bits per heavy atom. The van der Waals surface area contributed by atoms with Gasteiger partial charge in [-0.1, -0.05) is 11.6 Å². The van der Waals surface area contributed by atoms with Crippen molar-refractivity contribution in [3.63, 3.8) is 0 Å². The Labute approximate surface area is 185 Å². The summed E-state index contributed by atoms with van der Waals surface area (Å²) in [5.41, 5.74) is 10.1. The van der Waals surface area contributed by atoms with Crippen molar-refractivity contribution in [1.29, 1.82) is 0 Å². The number of rotatable bonds is 4. The summed E-state index contributed by atoms with van der Waals surface area (Å²) in [6.07, 6.45) is 1.43. The smallest absolute Gasteiger partial charge is 0.248 e. The SMILES string of the molecule is COCC(=O)N1CCOc2c(C(C)n3nc(C)c4c(N)ncnc43)cc(Cl)c(C)c2C1. The zero-order valence-corrected chi connectivity index (χ0v) is 18.7. The highest BCUT2D eigenvalue weighted by Crippen LogP contribution is 2.40. The van der Waals surface area contributed by atoms with E-state index in [9.17, 15) is 4.79 Å². The van der Waals surface area contributed by atoms with Gasteiger partial charge in [0, 0.05) is 29.8 Å². The van der Waals surface area contributed by atoms with Crippen molar-refractivity contribution in [3.05, 3.63) is 39.8 Å². The van der Waals surface area contributed by atoms with Crippen molar-refractivity contribution in [2.75, 3.05) is 32.6 Å². The normalized spacial score (nSPS) is 14.8. The van der Waals surface area contributed by atoms with Crippen LogP contribution in [0.15, 0.2) is 12.4 Å². The lowest BCUT2D eigenvalue weighted by atomic mass is 9.98. The molecular formula is C21H25ClN6O3. The van der Waals surface area contributed by atoms with Gasteiger partial charge in [0.1, 0.15) is 31.1 Å². The number of carbonyl (C=O) groups excluding carboxylic acids is 1. The van der Waals surface area contributed by atoms with E-state index < -0.39 is 0 Å². The third kappa shape index (κ3) is 3.68. The van der Waals surface area contributed by atoms with Gasteiger partial charge in [-0.15, -0.1) is 0 Å². The van der Waals surface area contributed by atoms with E-state index in [-0.39, 0.29) is 18.6 Å². The lowest BCUT2D eigenvalue weighted by molar-refractivity contribution is -0.135. The highest BCUT2D eigenvalue weighted by atomic mass is 35.5. The highest BCUT2D eigenvalue weighted by molar-refractivity contribution is 6.31. The fourth-order valence-corrected chi connectivity index (χ4v) is 4.23. The van der Waals surface area contributed by atoms with Crippen LogP contribution in [0, 0.1) is 13.8 Å². The van der Waals surface area contributed by atoms with E-state index in [0.29, 0.717) is 36.2 Å². The van der Waals surface area contributed by atoms with Crippen LogP contribution in [0.3, 0.4) is 0 Å². The monoisotopic (exact) mass is 444 g/mol. The lowest BCUT2D eigenvalue weighted by Crippen LogP contribution is -2.35. The minimum Gasteiger partial charge on any atom is -0.491 e. The average Bonchev–Trinajstić information content (AvgIpc) is 2.93. The number of halogens is 1. The zero-order valence-electron chi connectivity index (χ0n) is 18.0. The minimum atomic E-state index is -0.237. The zero-order chi connectivity index (χ0) is 22.3. The van der Waals surface area contributed by atoms with Crippen molar-refractivity contribution in [3.8, 4) is 5.75 Å². The minimum absolute atomic E-state index is 0.0257. The Kier molecular flexibility index (Phi) is 5.72. The number of carbonyl (C=O) groups is 1. The van der Waals surface area contributed by atoms with Crippen molar-refractivity contribution >= 4 is 34.4 Å². The van der Waals surface area contributed by atoms with Crippen LogP contribution >= 0.6 is 11.6 Å². The molecule has 2 aromatic heterocycles. The number of aromatic nitrogens is 4. The summed E-state index contributed by atoms with van der Waals surface area (Å²) in [7, 11) is 1.51. The average molecular weight is 445 g/mol. The molecule has 1 atom stereocenters. The van der Waals surface area contributed by atoms with Crippen molar-refractivity contribution < 1.29 is 14.3 Å². The van der Waals surface area contributed by atoms with E-state index in [1.54, 1.807) is 4.90 Å². The molecule has 164 valence electrons. The summed E-state index contributed by atoms with van der Waals surface area (Å²) in [4.78, 5) is 22.7. The highest BCUT2D eigenvalue weighted by Gasteiger charge is 2.28. The van der Waals surface area contributed by atoms with Crippen molar-refractivity contribution in [1.82, 2.24) is 24.6 Å². The molecule has 0 bridgehead atoms. The fraction of sp³-hybridized carbons (Fsp3) is 0.429. The van der Waals surface area contributed by atoms with Gasteiger partial charge in [0.15, 0.2) is 5.65 Å². The number of amides is 1. The summed E-state index contributed by atoms with van der Waals surface area (Å²) >= 11 is 6.61. The summed E-state index contributed by atoms with van der Waals surface area (Å²) in [6, 6.07) is 1.67. The lowest BCUT2D eigenvalue weighted by Gasteiger charge is -2.23. The first-order valence-corrected chi connectivity index (χ1v) is 10.4. The molecule has 0 aliphatic carbocycles. The van der Waals surface area contributed by atoms with E-state index in [1.807, 2.05) is 31.5 Å². The van der Waals surface area contributed by atoms with Gasteiger partial charge in [0.2, 0.25) is 5.91 Å². The number of hydrogen-bond donors (Lipinski definition) is 1. The topological polar surface area (TPSA) is 108 Å². The molecule has 9 nitrogen and oxygen atoms in total. The van der Waals surface area contributed by atoms with E-state index in [0.717, 1.165) is 33.5 Å². The predicted octanol–water partition coefficient (Wildman–Crippen LogP) is 2.66. The summed E-state index contributed by atoms with van der Waals surface area (Å²) in [6.45, 7) is 7.09. The van der Waals surface area contributed by atoms with Gasteiger partial charge in [-0.2, -0.15) is 5.10 Å². The molecule has 0 saturated carbocycles. The van der Waals surface area contributed by atoms with Crippen LogP contribution in [0.2, 0.25) is 5.02 Å². The van der Waals surface area contributed by atoms with Crippen molar-refractivity contribution in [2.24, 2.45) is 0 Å². The van der Waals surface area contributed by atoms with Crippen LogP contribution in [0.4, 0.5) is 5.82 Å². The molecule has 0 radical (unpaired) electrons. The van der Waals surface area contributed by atoms with Gasteiger partial charge in [-0.05, 0) is 32.4 Å². The van der Waals surface area contributed by atoms with E-state index >= 15 is 0 Å². The number of nitrogen functional groups attached to an aromatic ring is 1. The quantitative estimate of drug-likeness (QED) is 0.658. The number of fused-ring (bicyclic) bond motifs is 2. The first-order valence-electron chi connectivity index (χ1n) is 10.00. The largest absolute Gasteiger partial charge is 0.491 e. The van der Waals surface area contributed by atoms with E-state index in [4.69, 9.17) is 26.8 Å². The Hall–Kier alpha value is -2.91. The van der Waals surface area contributed by atoms with Crippen LogP contribution in [0.25, 0.3) is 11.0 Å². The summed E-state index contributed by atoms with van der Waals surface area (Å²) in [5.74, 6) is 1.03. The third-order valence-corrected chi connectivity index (χ3v) is 6.11. The summed E-state index contributed by atoms with van der Waals surface area (Å²) < 4.78 is 13.0. The molecule has 4 rings (SSSR count). The molecule has 1 aliphatic rings. The Bertz CT molecular complexity index is 1160. The molecule has 0 saturated heterocycles. The number of benzene rings is 1. The number of anilines is 1. The third-order valence-electron chi connectivity index (χ3n) is 5.72. The van der Waals surface area contributed by atoms with Crippen LogP contribution in [-0.4, -0.2) is 57.4 Å². The first-order chi connectivity index (χ1) is 14.8. The maximum atomic E-state index is 12.5. The molecule has 3 aromatic rings. The predicted molar refractivity (Wildman–Crippen MR) is 117 cm³/mol. The maximum absolute atomic E-state index is 12.5. The first kappa shape index (κ1) is 21.3. The second kappa shape index (κ2) is 8.32. The Morgan fingerprint density at radius 3 is 2.90 bits per heavy atom. The standard InChI is InChI=1S/C21H25ClN6O3/c1-11-15-8-27(17(29)9-30-4)5-6-31-19(15)14(7-16(11)22)13(3)28-21-18(12(2)26-28)20(23)24-10-25-21/h7,10,13H,5-6,8-9H2,1-4H3,(H2,23,24,25). The molecule has 0 fully saturated rings. The van der Waals surface area contributed by atoms with Gasteiger partial charge in [-0.25, -0.2) is 14.6 Å². The Balaban J connectivity index is 1.82. The number of nitrogens with zero attached hydrogens (tertiary/aromatic N) is 5.